The third kappa shape index (κ3) is 5.23. The normalized spacial score (nSPS) is 11.0. The van der Waals surface area contributed by atoms with Crippen LogP contribution in [0, 0.1) is 6.92 Å². The molecule has 0 saturated carbocycles. The summed E-state index contributed by atoms with van der Waals surface area (Å²) in [5.74, 6) is 0.659. The third-order valence-corrected chi connectivity index (χ3v) is 5.33. The van der Waals surface area contributed by atoms with Crippen LogP contribution < -0.4 is 5.43 Å². The molecule has 0 aliphatic carbocycles. The van der Waals surface area contributed by atoms with Gasteiger partial charge < -0.3 is 0 Å². The second-order valence-electron chi connectivity index (χ2n) is 6.71. The molecule has 2 aromatic heterocycles. The fourth-order valence-electron chi connectivity index (χ4n) is 2.85. The fraction of sp³-hybridized carbons (Fsp3) is 0.0870. The molecule has 0 bridgehead atoms. The van der Waals surface area contributed by atoms with E-state index in [2.05, 4.69) is 25.7 Å². The maximum atomic E-state index is 12.3. The van der Waals surface area contributed by atoms with E-state index in [9.17, 15) is 4.79 Å². The lowest BCUT2D eigenvalue weighted by atomic mass is 10.1. The minimum absolute atomic E-state index is 0.159. The highest BCUT2D eigenvalue weighted by atomic mass is 32.2. The second kappa shape index (κ2) is 9.82. The van der Waals surface area contributed by atoms with E-state index < -0.39 is 0 Å². The maximum Gasteiger partial charge on any atom is 0.250 e. The Morgan fingerprint density at radius 2 is 1.77 bits per heavy atom. The lowest BCUT2D eigenvalue weighted by Crippen LogP contribution is -2.20. The number of thioether (sulfide) groups is 1. The van der Waals surface area contributed by atoms with E-state index in [1.807, 2.05) is 66.1 Å². The van der Waals surface area contributed by atoms with Gasteiger partial charge >= 0.3 is 0 Å². The molecule has 2 aromatic carbocycles. The van der Waals surface area contributed by atoms with Crippen LogP contribution in [0.5, 0.6) is 0 Å². The van der Waals surface area contributed by atoms with Gasteiger partial charge in [-0.05, 0) is 36.8 Å². The highest BCUT2D eigenvalue weighted by Gasteiger charge is 2.17. The number of hydrazone groups is 1. The van der Waals surface area contributed by atoms with Crippen molar-refractivity contribution in [2.75, 3.05) is 5.75 Å². The number of benzene rings is 2. The predicted octanol–water partition coefficient (Wildman–Crippen LogP) is 3.88. The van der Waals surface area contributed by atoms with Crippen LogP contribution in [0.3, 0.4) is 0 Å². The van der Waals surface area contributed by atoms with E-state index in [1.165, 1.54) is 17.3 Å². The van der Waals surface area contributed by atoms with Gasteiger partial charge in [-0.25, -0.2) is 5.43 Å². The molecule has 1 amide bonds. The van der Waals surface area contributed by atoms with Gasteiger partial charge in [0.25, 0.3) is 5.91 Å². The first-order chi connectivity index (χ1) is 15.2. The average molecular weight is 429 g/mol. The molecule has 4 rings (SSSR count). The SMILES string of the molecule is Cc1ccc(-c2nnc(SCC(=O)N/N=C\c3ccncc3)n2-c2ccccc2)cc1. The average Bonchev–Trinajstić information content (AvgIpc) is 3.23. The van der Waals surface area contributed by atoms with Gasteiger partial charge in [0.15, 0.2) is 11.0 Å². The first-order valence-corrected chi connectivity index (χ1v) is 10.6. The molecule has 0 saturated heterocycles. The standard InChI is InChI=1S/C23H20N6OS/c1-17-7-9-19(10-8-17)22-27-28-23(29(22)20-5-3-2-4-6-20)31-16-21(30)26-25-15-18-11-13-24-14-12-18/h2-15H,16H2,1H3,(H,26,30)/b25-15-. The van der Waals surface area contributed by atoms with Crippen molar-refractivity contribution in [3.05, 3.63) is 90.3 Å². The minimum atomic E-state index is -0.227. The number of nitrogens with one attached hydrogen (secondary N) is 1. The molecule has 0 aliphatic heterocycles. The first kappa shape index (κ1) is 20.5. The smallest absolute Gasteiger partial charge is 0.250 e. The van der Waals surface area contributed by atoms with E-state index >= 15 is 0 Å². The van der Waals surface area contributed by atoms with Gasteiger partial charge in [-0.15, -0.1) is 10.2 Å². The molecule has 0 unspecified atom stereocenters. The van der Waals surface area contributed by atoms with Crippen molar-refractivity contribution >= 4 is 23.9 Å². The van der Waals surface area contributed by atoms with E-state index in [0.29, 0.717) is 5.16 Å². The Labute approximate surface area is 184 Å². The first-order valence-electron chi connectivity index (χ1n) is 9.63. The van der Waals surface area contributed by atoms with Crippen molar-refractivity contribution in [2.45, 2.75) is 12.1 Å². The van der Waals surface area contributed by atoms with Crippen LogP contribution >= 0.6 is 11.8 Å². The summed E-state index contributed by atoms with van der Waals surface area (Å²) in [6.45, 7) is 2.04. The Hall–Kier alpha value is -3.78. The summed E-state index contributed by atoms with van der Waals surface area (Å²) in [5.41, 5.74) is 6.46. The van der Waals surface area contributed by atoms with Crippen LogP contribution in [0.25, 0.3) is 17.1 Å². The number of pyridine rings is 1. The highest BCUT2D eigenvalue weighted by Crippen LogP contribution is 2.28. The number of carbonyl (C=O) groups excluding carboxylic acids is 1. The van der Waals surface area contributed by atoms with Crippen molar-refractivity contribution in [1.29, 1.82) is 0 Å². The summed E-state index contributed by atoms with van der Waals surface area (Å²) in [6, 6.07) is 21.6. The summed E-state index contributed by atoms with van der Waals surface area (Å²) < 4.78 is 1.96. The van der Waals surface area contributed by atoms with Crippen molar-refractivity contribution in [3.63, 3.8) is 0 Å². The van der Waals surface area contributed by atoms with Crippen LogP contribution in [0.15, 0.2) is 89.4 Å². The quantitative estimate of drug-likeness (QED) is 0.274. The Balaban J connectivity index is 1.51. The lowest BCUT2D eigenvalue weighted by Gasteiger charge is -2.10. The lowest BCUT2D eigenvalue weighted by molar-refractivity contribution is -0.118. The van der Waals surface area contributed by atoms with Crippen molar-refractivity contribution in [2.24, 2.45) is 5.10 Å². The molecule has 2 heterocycles. The molecule has 154 valence electrons. The molecule has 7 nitrogen and oxygen atoms in total. The van der Waals surface area contributed by atoms with Gasteiger partial charge in [0.05, 0.1) is 12.0 Å². The van der Waals surface area contributed by atoms with Crippen molar-refractivity contribution in [1.82, 2.24) is 25.2 Å². The topological polar surface area (TPSA) is 85.1 Å². The molecule has 0 atom stereocenters. The summed E-state index contributed by atoms with van der Waals surface area (Å²) in [4.78, 5) is 16.2. The van der Waals surface area contributed by atoms with Crippen molar-refractivity contribution in [3.8, 4) is 17.1 Å². The Kier molecular flexibility index (Phi) is 6.49. The Morgan fingerprint density at radius 3 is 2.52 bits per heavy atom. The van der Waals surface area contributed by atoms with Crippen LogP contribution in [-0.4, -0.2) is 37.6 Å². The second-order valence-corrected chi connectivity index (χ2v) is 7.65. The molecule has 0 spiro atoms. The summed E-state index contributed by atoms with van der Waals surface area (Å²) in [6.07, 6.45) is 4.91. The van der Waals surface area contributed by atoms with Crippen LogP contribution in [0.4, 0.5) is 0 Å². The number of rotatable bonds is 7. The Morgan fingerprint density at radius 1 is 1.03 bits per heavy atom. The number of para-hydroxylation sites is 1. The van der Waals surface area contributed by atoms with Gasteiger partial charge in [-0.3, -0.25) is 14.3 Å². The number of amides is 1. The van der Waals surface area contributed by atoms with Crippen LogP contribution in [-0.2, 0) is 4.79 Å². The number of hydrogen-bond acceptors (Lipinski definition) is 6. The summed E-state index contributed by atoms with van der Waals surface area (Å²) in [5, 5.41) is 13.4. The Bertz CT molecular complexity index is 1170. The minimum Gasteiger partial charge on any atom is -0.272 e. The number of carbonyl (C=O) groups is 1. The highest BCUT2D eigenvalue weighted by molar-refractivity contribution is 7.99. The summed E-state index contributed by atoms with van der Waals surface area (Å²) >= 11 is 1.31. The third-order valence-electron chi connectivity index (χ3n) is 4.40. The van der Waals surface area contributed by atoms with Crippen LogP contribution in [0.2, 0.25) is 0 Å². The molecular formula is C23H20N6OS. The maximum absolute atomic E-state index is 12.3. The van der Waals surface area contributed by atoms with Gasteiger partial charge in [-0.2, -0.15) is 5.10 Å². The van der Waals surface area contributed by atoms with Gasteiger partial charge in [-0.1, -0.05) is 59.8 Å². The molecule has 31 heavy (non-hydrogen) atoms. The number of aryl methyl sites for hydroxylation is 1. The van der Waals surface area contributed by atoms with Gasteiger partial charge in [0, 0.05) is 23.6 Å². The van der Waals surface area contributed by atoms with E-state index in [-0.39, 0.29) is 11.7 Å². The van der Waals surface area contributed by atoms with E-state index in [1.54, 1.807) is 30.7 Å². The monoisotopic (exact) mass is 428 g/mol. The molecule has 1 N–H and O–H groups in total. The number of hydrogen-bond donors (Lipinski definition) is 1. The largest absolute Gasteiger partial charge is 0.272 e. The molecule has 0 fully saturated rings. The summed E-state index contributed by atoms with van der Waals surface area (Å²) in [7, 11) is 0. The zero-order chi connectivity index (χ0) is 21.5. The van der Waals surface area contributed by atoms with Gasteiger partial charge in [0.2, 0.25) is 0 Å². The van der Waals surface area contributed by atoms with Crippen LogP contribution in [0.1, 0.15) is 11.1 Å². The number of nitrogens with zero attached hydrogens (tertiary/aromatic N) is 5. The molecule has 0 aliphatic rings. The number of aromatic nitrogens is 4. The van der Waals surface area contributed by atoms with Crippen molar-refractivity contribution < 1.29 is 4.79 Å². The molecule has 0 radical (unpaired) electrons. The fourth-order valence-corrected chi connectivity index (χ4v) is 3.60. The molecule has 4 aromatic rings. The van der Waals surface area contributed by atoms with E-state index in [0.717, 1.165) is 22.6 Å². The molecule has 8 heteroatoms. The van der Waals surface area contributed by atoms with E-state index in [4.69, 9.17) is 0 Å². The predicted molar refractivity (Wildman–Crippen MR) is 122 cm³/mol. The zero-order valence-corrected chi connectivity index (χ0v) is 17.7. The van der Waals surface area contributed by atoms with Gasteiger partial charge in [0.1, 0.15) is 0 Å². The zero-order valence-electron chi connectivity index (χ0n) is 16.8. The molecular weight excluding hydrogens is 408 g/mol.